The molecule has 0 aliphatic heterocycles. The summed E-state index contributed by atoms with van der Waals surface area (Å²) in [6.07, 6.45) is 6.50. The predicted molar refractivity (Wildman–Crippen MR) is 94.2 cm³/mol. The maximum absolute atomic E-state index is 10.9. The molecule has 0 atom stereocenters. The Hall–Kier alpha value is -1.65. The Kier molecular flexibility index (Phi) is 5.13. The largest absolute Gasteiger partial charge is 0.478 e. The molecule has 0 bridgehead atoms. The second-order valence-electron chi connectivity index (χ2n) is 6.42. The quantitative estimate of drug-likeness (QED) is 0.824. The number of carboxylic acids is 1. The summed E-state index contributed by atoms with van der Waals surface area (Å²) in [5.74, 6) is -0.872. The van der Waals surface area contributed by atoms with Crippen molar-refractivity contribution in [2.75, 3.05) is 6.54 Å². The third-order valence-electron chi connectivity index (χ3n) is 4.85. The summed E-state index contributed by atoms with van der Waals surface area (Å²) in [5, 5.41) is 14.7. The maximum Gasteiger partial charge on any atom is 0.335 e. The van der Waals surface area contributed by atoms with Crippen molar-refractivity contribution >= 4 is 17.3 Å². The number of carboxylic acid groups (broad SMARTS) is 1. The number of hydrogen-bond donors (Lipinski definition) is 2. The Morgan fingerprint density at radius 1 is 1.13 bits per heavy atom. The van der Waals surface area contributed by atoms with E-state index in [1.54, 1.807) is 12.1 Å². The number of hydrogen-bond acceptors (Lipinski definition) is 3. The zero-order valence-corrected chi connectivity index (χ0v) is 14.1. The van der Waals surface area contributed by atoms with Crippen molar-refractivity contribution in [3.63, 3.8) is 0 Å². The van der Waals surface area contributed by atoms with E-state index in [1.807, 2.05) is 23.5 Å². The lowest BCUT2D eigenvalue weighted by Crippen LogP contribution is -2.39. The normalized spacial score (nSPS) is 17.0. The fourth-order valence-electron chi connectivity index (χ4n) is 3.53. The van der Waals surface area contributed by atoms with Crippen LogP contribution in [-0.2, 0) is 12.0 Å². The predicted octanol–water partition coefficient (Wildman–Crippen LogP) is 4.44. The number of rotatable bonds is 6. The van der Waals surface area contributed by atoms with E-state index in [2.05, 4.69) is 22.8 Å². The van der Waals surface area contributed by atoms with Gasteiger partial charge in [-0.25, -0.2) is 4.79 Å². The first-order valence-electron chi connectivity index (χ1n) is 8.27. The molecule has 1 aliphatic carbocycles. The monoisotopic (exact) mass is 329 g/mol. The van der Waals surface area contributed by atoms with Crippen LogP contribution in [0.4, 0.5) is 0 Å². The lowest BCUT2D eigenvalue weighted by atomic mass is 9.73. The summed E-state index contributed by atoms with van der Waals surface area (Å²) in [6, 6.07) is 11.6. The Balaban J connectivity index is 1.62. The molecule has 3 nitrogen and oxygen atoms in total. The summed E-state index contributed by atoms with van der Waals surface area (Å²) >= 11 is 1.87. The highest BCUT2D eigenvalue weighted by atomic mass is 32.1. The van der Waals surface area contributed by atoms with Crippen molar-refractivity contribution in [1.29, 1.82) is 0 Å². The average molecular weight is 329 g/mol. The van der Waals surface area contributed by atoms with Gasteiger partial charge in [0.1, 0.15) is 0 Å². The summed E-state index contributed by atoms with van der Waals surface area (Å²) < 4.78 is 0. The Bertz CT molecular complexity index is 628. The smallest absolute Gasteiger partial charge is 0.335 e. The van der Waals surface area contributed by atoms with E-state index >= 15 is 0 Å². The summed E-state index contributed by atoms with van der Waals surface area (Å²) in [6.45, 7) is 1.78. The van der Waals surface area contributed by atoms with E-state index in [1.165, 1.54) is 37.0 Å². The van der Waals surface area contributed by atoms with Crippen LogP contribution < -0.4 is 5.32 Å². The molecule has 1 aromatic carbocycles. The van der Waals surface area contributed by atoms with Gasteiger partial charge in [-0.15, -0.1) is 11.3 Å². The van der Waals surface area contributed by atoms with E-state index in [-0.39, 0.29) is 5.41 Å². The van der Waals surface area contributed by atoms with Crippen LogP contribution >= 0.6 is 11.3 Å². The molecule has 1 fully saturated rings. The van der Waals surface area contributed by atoms with Crippen molar-refractivity contribution in [1.82, 2.24) is 5.32 Å². The van der Waals surface area contributed by atoms with Crippen molar-refractivity contribution < 1.29 is 9.90 Å². The van der Waals surface area contributed by atoms with Crippen molar-refractivity contribution in [3.05, 3.63) is 57.8 Å². The fourth-order valence-corrected chi connectivity index (χ4v) is 4.52. The number of aromatic carboxylic acids is 1. The molecule has 2 N–H and O–H groups in total. The molecule has 0 saturated heterocycles. The van der Waals surface area contributed by atoms with Gasteiger partial charge in [-0.05, 0) is 42.0 Å². The number of benzene rings is 1. The number of thiophene rings is 1. The zero-order valence-electron chi connectivity index (χ0n) is 13.3. The average Bonchev–Trinajstić information content (AvgIpc) is 3.11. The van der Waals surface area contributed by atoms with E-state index in [9.17, 15) is 4.79 Å². The second-order valence-corrected chi connectivity index (χ2v) is 7.37. The van der Waals surface area contributed by atoms with Gasteiger partial charge in [-0.2, -0.15) is 0 Å². The van der Waals surface area contributed by atoms with E-state index in [0.29, 0.717) is 5.56 Å². The van der Waals surface area contributed by atoms with Crippen LogP contribution in [0.25, 0.3) is 0 Å². The first-order chi connectivity index (χ1) is 11.2. The topological polar surface area (TPSA) is 49.3 Å². The van der Waals surface area contributed by atoms with Gasteiger partial charge in [0.2, 0.25) is 0 Å². The van der Waals surface area contributed by atoms with E-state index < -0.39 is 5.97 Å². The first kappa shape index (κ1) is 16.2. The molecule has 4 heteroatoms. The van der Waals surface area contributed by atoms with Crippen molar-refractivity contribution in [2.24, 2.45) is 0 Å². The molecule has 23 heavy (non-hydrogen) atoms. The minimum absolute atomic E-state index is 0.285. The molecule has 0 unspecified atom stereocenters. The minimum atomic E-state index is -0.872. The van der Waals surface area contributed by atoms with Crippen molar-refractivity contribution in [2.45, 2.75) is 44.1 Å². The first-order valence-corrected chi connectivity index (χ1v) is 9.15. The molecular weight excluding hydrogens is 306 g/mol. The minimum Gasteiger partial charge on any atom is -0.478 e. The lowest BCUT2D eigenvalue weighted by Gasteiger charge is -2.37. The van der Waals surface area contributed by atoms with Gasteiger partial charge in [0.25, 0.3) is 0 Å². The zero-order chi connectivity index (χ0) is 16.1. The SMILES string of the molecule is O=C(O)c1ccc(CNCC2(c3cccs3)CCCCC2)cc1. The molecule has 2 aromatic rings. The Morgan fingerprint density at radius 3 is 2.48 bits per heavy atom. The highest BCUT2D eigenvalue weighted by Crippen LogP contribution is 2.41. The number of nitrogens with one attached hydrogen (secondary N) is 1. The summed E-state index contributed by atoms with van der Waals surface area (Å²) in [7, 11) is 0. The molecule has 0 radical (unpaired) electrons. The third-order valence-corrected chi connectivity index (χ3v) is 5.96. The summed E-state index contributed by atoms with van der Waals surface area (Å²) in [5.41, 5.74) is 1.76. The van der Waals surface area contributed by atoms with Gasteiger partial charge in [0.15, 0.2) is 0 Å². The third kappa shape index (κ3) is 3.82. The molecule has 3 rings (SSSR count). The van der Waals surface area contributed by atoms with Crippen LogP contribution in [0.5, 0.6) is 0 Å². The van der Waals surface area contributed by atoms with Crippen LogP contribution in [0.15, 0.2) is 41.8 Å². The van der Waals surface area contributed by atoms with Crippen molar-refractivity contribution in [3.8, 4) is 0 Å². The maximum atomic E-state index is 10.9. The van der Waals surface area contributed by atoms with E-state index in [4.69, 9.17) is 5.11 Å². The van der Waals surface area contributed by atoms with Gasteiger partial charge < -0.3 is 10.4 Å². The van der Waals surface area contributed by atoms with Crippen LogP contribution in [0.1, 0.15) is 52.9 Å². The Labute approximate surface area is 141 Å². The lowest BCUT2D eigenvalue weighted by molar-refractivity contribution is 0.0697. The highest BCUT2D eigenvalue weighted by molar-refractivity contribution is 7.10. The molecule has 1 aromatic heterocycles. The molecule has 1 heterocycles. The molecule has 122 valence electrons. The fraction of sp³-hybridized carbons (Fsp3) is 0.421. The van der Waals surface area contributed by atoms with Crippen LogP contribution in [0.2, 0.25) is 0 Å². The van der Waals surface area contributed by atoms with Gasteiger partial charge in [0.05, 0.1) is 5.56 Å². The molecular formula is C19H23NO2S. The Morgan fingerprint density at radius 2 is 1.87 bits per heavy atom. The molecule has 0 amide bonds. The second kappa shape index (κ2) is 7.28. The van der Waals surface area contributed by atoms with E-state index in [0.717, 1.165) is 18.7 Å². The van der Waals surface area contributed by atoms with Gasteiger partial charge in [-0.1, -0.05) is 37.5 Å². The van der Waals surface area contributed by atoms with Crippen LogP contribution in [0, 0.1) is 0 Å². The van der Waals surface area contributed by atoms with Crippen LogP contribution in [-0.4, -0.2) is 17.6 Å². The van der Waals surface area contributed by atoms with Gasteiger partial charge in [-0.3, -0.25) is 0 Å². The van der Waals surface area contributed by atoms with Gasteiger partial charge in [0, 0.05) is 23.4 Å². The highest BCUT2D eigenvalue weighted by Gasteiger charge is 2.34. The molecule has 0 spiro atoms. The summed E-state index contributed by atoms with van der Waals surface area (Å²) in [4.78, 5) is 12.4. The van der Waals surface area contributed by atoms with Crippen LogP contribution in [0.3, 0.4) is 0 Å². The molecule has 1 aliphatic rings. The molecule has 1 saturated carbocycles. The number of carbonyl (C=O) groups is 1. The van der Waals surface area contributed by atoms with Gasteiger partial charge >= 0.3 is 5.97 Å². The standard InChI is InChI=1S/C19H23NO2S/c21-18(22)16-8-6-15(7-9-16)13-20-14-19(10-2-1-3-11-19)17-5-4-12-23-17/h4-9,12,20H,1-3,10-11,13-14H2,(H,21,22).